The van der Waals surface area contributed by atoms with Crippen LogP contribution in [-0.4, -0.2) is 0 Å². The maximum absolute atomic E-state index is 2.33. The molecule has 8 aromatic carbocycles. The van der Waals surface area contributed by atoms with Crippen LogP contribution in [0.2, 0.25) is 0 Å². The van der Waals surface area contributed by atoms with Crippen molar-refractivity contribution in [2.45, 2.75) is 0 Å². The maximum atomic E-state index is 2.33. The zero-order valence-electron chi connectivity index (χ0n) is 23.2. The van der Waals surface area contributed by atoms with E-state index < -0.39 is 0 Å². The minimum absolute atomic E-state index is 1.21. The lowest BCUT2D eigenvalue weighted by atomic mass is 9.91. The zero-order valence-corrected chi connectivity index (χ0v) is 23.2. The number of rotatable bonds is 4. The van der Waals surface area contributed by atoms with Crippen molar-refractivity contribution < 1.29 is 0 Å². The summed E-state index contributed by atoms with van der Waals surface area (Å²) in [5.74, 6) is 0. The van der Waals surface area contributed by atoms with Crippen LogP contribution in [0.3, 0.4) is 0 Å². The molecule has 0 aliphatic heterocycles. The van der Waals surface area contributed by atoms with Gasteiger partial charge in [-0.05, 0) is 113 Å². The summed E-state index contributed by atoms with van der Waals surface area (Å²) < 4.78 is 0. The van der Waals surface area contributed by atoms with Gasteiger partial charge < -0.3 is 0 Å². The highest BCUT2D eigenvalue weighted by Crippen LogP contribution is 2.36. The Labute approximate surface area is 246 Å². The Morgan fingerprint density at radius 3 is 0.810 bits per heavy atom. The third kappa shape index (κ3) is 4.54. The third-order valence-corrected chi connectivity index (χ3v) is 8.40. The summed E-state index contributed by atoms with van der Waals surface area (Å²) in [5.41, 5.74) is 9.79. The smallest absolute Gasteiger partial charge is 0.0171 e. The van der Waals surface area contributed by atoms with Crippen LogP contribution in [0.1, 0.15) is 0 Å². The van der Waals surface area contributed by atoms with Gasteiger partial charge in [0.1, 0.15) is 0 Å². The van der Waals surface area contributed by atoms with Crippen molar-refractivity contribution >= 4 is 32.3 Å². The molecule has 196 valence electrons. The average molecular weight is 533 g/mol. The molecule has 8 aromatic rings. The van der Waals surface area contributed by atoms with Crippen molar-refractivity contribution in [3.63, 3.8) is 0 Å². The van der Waals surface area contributed by atoms with Crippen LogP contribution in [0, 0.1) is 0 Å². The summed E-state index contributed by atoms with van der Waals surface area (Å²) in [6, 6.07) is 62.0. The number of fused-ring (bicyclic) bond motifs is 3. The molecule has 0 spiro atoms. The highest BCUT2D eigenvalue weighted by molar-refractivity contribution is 5.92. The molecule has 0 fully saturated rings. The molecule has 0 nitrogen and oxygen atoms in total. The van der Waals surface area contributed by atoms with Crippen LogP contribution in [0.4, 0.5) is 0 Å². The number of hydrogen-bond donors (Lipinski definition) is 0. The van der Waals surface area contributed by atoms with Crippen LogP contribution in [0.25, 0.3) is 76.8 Å². The van der Waals surface area contributed by atoms with E-state index in [2.05, 4.69) is 170 Å². The minimum Gasteiger partial charge on any atom is -0.0616 e. The normalized spacial score (nSPS) is 11.3. The van der Waals surface area contributed by atoms with Crippen molar-refractivity contribution in [3.05, 3.63) is 170 Å². The molecular formula is C42H28. The monoisotopic (exact) mass is 532 g/mol. The van der Waals surface area contributed by atoms with Crippen molar-refractivity contribution in [3.8, 4) is 44.5 Å². The van der Waals surface area contributed by atoms with E-state index in [1.165, 1.54) is 76.8 Å². The molecule has 0 aliphatic carbocycles. The van der Waals surface area contributed by atoms with Crippen LogP contribution in [0.5, 0.6) is 0 Å². The summed E-state index contributed by atoms with van der Waals surface area (Å²) in [6.45, 7) is 0. The lowest BCUT2D eigenvalue weighted by molar-refractivity contribution is 1.57. The van der Waals surface area contributed by atoms with Gasteiger partial charge in [0.2, 0.25) is 0 Å². The van der Waals surface area contributed by atoms with Gasteiger partial charge in [-0.15, -0.1) is 0 Å². The Morgan fingerprint density at radius 2 is 0.429 bits per heavy atom. The second-order valence-corrected chi connectivity index (χ2v) is 11.1. The standard InChI is InChI=1S/C42H28/c1-4-10-34-23-37(20-17-29(34)7-1)32-13-15-33(16-14-32)40-26-41(38-21-18-30-8-2-5-11-35(30)24-38)28-42(27-40)39-22-19-31-9-3-6-12-36(31)25-39/h1-28H. The van der Waals surface area contributed by atoms with Gasteiger partial charge in [0.15, 0.2) is 0 Å². The van der Waals surface area contributed by atoms with Crippen molar-refractivity contribution in [1.29, 1.82) is 0 Å². The third-order valence-electron chi connectivity index (χ3n) is 8.40. The fourth-order valence-electron chi connectivity index (χ4n) is 6.09. The summed E-state index contributed by atoms with van der Waals surface area (Å²) in [6.07, 6.45) is 0. The number of benzene rings is 8. The summed E-state index contributed by atoms with van der Waals surface area (Å²) in [4.78, 5) is 0. The molecule has 0 heterocycles. The van der Waals surface area contributed by atoms with Gasteiger partial charge >= 0.3 is 0 Å². The van der Waals surface area contributed by atoms with E-state index in [0.717, 1.165) is 0 Å². The first-order chi connectivity index (χ1) is 20.8. The Balaban J connectivity index is 1.25. The highest BCUT2D eigenvalue weighted by Gasteiger charge is 2.10. The first-order valence-corrected chi connectivity index (χ1v) is 14.5. The second-order valence-electron chi connectivity index (χ2n) is 11.1. The largest absolute Gasteiger partial charge is 0.0616 e. The number of hydrogen-bond acceptors (Lipinski definition) is 0. The van der Waals surface area contributed by atoms with E-state index >= 15 is 0 Å². The molecule has 42 heavy (non-hydrogen) atoms. The Kier molecular flexibility index (Phi) is 5.90. The fourth-order valence-corrected chi connectivity index (χ4v) is 6.09. The highest BCUT2D eigenvalue weighted by atomic mass is 14.1. The van der Waals surface area contributed by atoms with E-state index in [1.807, 2.05) is 0 Å². The van der Waals surface area contributed by atoms with Gasteiger partial charge in [-0.1, -0.05) is 133 Å². The Bertz CT molecular complexity index is 2140. The van der Waals surface area contributed by atoms with Crippen LogP contribution < -0.4 is 0 Å². The lowest BCUT2D eigenvalue weighted by Crippen LogP contribution is -1.87. The minimum atomic E-state index is 1.21. The molecule has 0 saturated carbocycles. The predicted octanol–water partition coefficient (Wildman–Crippen LogP) is 11.8. The maximum Gasteiger partial charge on any atom is -0.0171 e. The molecule has 0 aliphatic rings. The Hall–Kier alpha value is -5.46. The first-order valence-electron chi connectivity index (χ1n) is 14.5. The summed E-state index contributed by atoms with van der Waals surface area (Å²) in [7, 11) is 0. The van der Waals surface area contributed by atoms with Gasteiger partial charge in [-0.3, -0.25) is 0 Å². The molecule has 0 aromatic heterocycles. The molecule has 0 bridgehead atoms. The summed E-state index contributed by atoms with van der Waals surface area (Å²) >= 11 is 0. The van der Waals surface area contributed by atoms with Crippen LogP contribution >= 0.6 is 0 Å². The SMILES string of the molecule is c1ccc2cc(-c3ccc(-c4cc(-c5ccc6ccccc6c5)cc(-c5ccc6ccccc6c5)c4)cc3)ccc2c1. The Morgan fingerprint density at radius 1 is 0.167 bits per heavy atom. The van der Waals surface area contributed by atoms with E-state index in [0.29, 0.717) is 0 Å². The fraction of sp³-hybridized carbons (Fsp3) is 0. The topological polar surface area (TPSA) is 0 Å². The first kappa shape index (κ1) is 24.3. The predicted molar refractivity (Wildman–Crippen MR) is 181 cm³/mol. The van der Waals surface area contributed by atoms with E-state index in [4.69, 9.17) is 0 Å². The molecule has 8 rings (SSSR count). The van der Waals surface area contributed by atoms with E-state index in [1.54, 1.807) is 0 Å². The van der Waals surface area contributed by atoms with Crippen molar-refractivity contribution in [1.82, 2.24) is 0 Å². The molecular weight excluding hydrogens is 504 g/mol. The molecule has 0 amide bonds. The average Bonchev–Trinajstić information content (AvgIpc) is 3.07. The van der Waals surface area contributed by atoms with E-state index in [9.17, 15) is 0 Å². The second kappa shape index (κ2) is 10.2. The quantitative estimate of drug-likeness (QED) is 0.211. The molecule has 0 atom stereocenters. The van der Waals surface area contributed by atoms with Gasteiger partial charge in [0.25, 0.3) is 0 Å². The van der Waals surface area contributed by atoms with Crippen LogP contribution in [0.15, 0.2) is 170 Å². The van der Waals surface area contributed by atoms with Crippen LogP contribution in [-0.2, 0) is 0 Å². The van der Waals surface area contributed by atoms with Crippen molar-refractivity contribution in [2.75, 3.05) is 0 Å². The van der Waals surface area contributed by atoms with Gasteiger partial charge in [0.05, 0.1) is 0 Å². The van der Waals surface area contributed by atoms with Gasteiger partial charge in [-0.25, -0.2) is 0 Å². The molecule has 0 saturated heterocycles. The zero-order chi connectivity index (χ0) is 27.9. The molecule has 0 radical (unpaired) electrons. The summed E-state index contributed by atoms with van der Waals surface area (Å²) in [5, 5.41) is 7.57. The van der Waals surface area contributed by atoms with E-state index in [-0.39, 0.29) is 0 Å². The van der Waals surface area contributed by atoms with Gasteiger partial charge in [0, 0.05) is 0 Å². The lowest BCUT2D eigenvalue weighted by Gasteiger charge is -2.13. The van der Waals surface area contributed by atoms with Gasteiger partial charge in [-0.2, -0.15) is 0 Å². The molecule has 0 unspecified atom stereocenters. The molecule has 0 heteroatoms. The van der Waals surface area contributed by atoms with Crippen molar-refractivity contribution in [2.24, 2.45) is 0 Å². The molecule has 0 N–H and O–H groups in total.